The number of carbonyl (C=O) groups is 2. The Hall–Kier alpha value is -1.58. The molecule has 2 amide bonds. The van der Waals surface area contributed by atoms with Crippen LogP contribution in [-0.4, -0.2) is 24.9 Å². The Bertz CT molecular complexity index is 450. The summed E-state index contributed by atoms with van der Waals surface area (Å²) < 4.78 is 0. The normalized spacial score (nSPS) is 17.4. The number of allylic oxidation sites excluding steroid dienone is 2. The summed E-state index contributed by atoms with van der Waals surface area (Å²) in [6, 6.07) is 0. The molecular weight excluding hydrogens is 312 g/mol. The van der Waals surface area contributed by atoms with Gasteiger partial charge in [-0.05, 0) is 70.6 Å². The third-order valence-electron chi connectivity index (χ3n) is 5.11. The lowest BCUT2D eigenvalue weighted by atomic mass is 9.97. The molecule has 25 heavy (non-hydrogen) atoms. The minimum absolute atomic E-state index is 0.0663. The Morgan fingerprint density at radius 1 is 0.760 bits per heavy atom. The lowest BCUT2D eigenvalue weighted by Crippen LogP contribution is -2.27. The molecule has 2 aliphatic rings. The fraction of sp³-hybridized carbons (Fsp3) is 0.714. The van der Waals surface area contributed by atoms with Crippen LogP contribution >= 0.6 is 0 Å². The molecule has 4 heteroatoms. The zero-order valence-electron chi connectivity index (χ0n) is 15.6. The van der Waals surface area contributed by atoms with Gasteiger partial charge in [0, 0.05) is 25.9 Å². The zero-order valence-corrected chi connectivity index (χ0v) is 15.6. The van der Waals surface area contributed by atoms with Crippen LogP contribution in [0.4, 0.5) is 0 Å². The number of carbonyl (C=O) groups excluding carboxylic acids is 2. The molecule has 0 heterocycles. The van der Waals surface area contributed by atoms with Crippen molar-refractivity contribution in [2.24, 2.45) is 0 Å². The van der Waals surface area contributed by atoms with E-state index in [-0.39, 0.29) is 11.8 Å². The topological polar surface area (TPSA) is 58.2 Å². The van der Waals surface area contributed by atoms with Gasteiger partial charge >= 0.3 is 0 Å². The maximum absolute atomic E-state index is 11.8. The van der Waals surface area contributed by atoms with E-state index in [1.165, 1.54) is 62.5 Å². The van der Waals surface area contributed by atoms with E-state index in [9.17, 15) is 9.59 Å². The first-order valence-corrected chi connectivity index (χ1v) is 10.1. The van der Waals surface area contributed by atoms with Crippen LogP contribution in [0.5, 0.6) is 0 Å². The van der Waals surface area contributed by atoms with E-state index in [0.717, 1.165) is 25.9 Å². The Labute approximate surface area is 152 Å². The van der Waals surface area contributed by atoms with Crippen LogP contribution in [0.1, 0.15) is 83.5 Å². The van der Waals surface area contributed by atoms with Gasteiger partial charge in [0.15, 0.2) is 0 Å². The lowest BCUT2D eigenvalue weighted by molar-refractivity contribution is -0.122. The van der Waals surface area contributed by atoms with Gasteiger partial charge < -0.3 is 10.6 Å². The Morgan fingerprint density at radius 3 is 1.64 bits per heavy atom. The standard InChI is InChI=1S/C21H34N2O2/c24-20(22-16-14-18-8-3-1-4-9-18)12-7-13-21(25)23-17-15-19-10-5-2-6-11-19/h8,10H,1-7,9,11-17H2,(H,22,24)(H,23,25). The molecule has 0 fully saturated rings. The lowest BCUT2D eigenvalue weighted by Gasteiger charge is -2.13. The van der Waals surface area contributed by atoms with E-state index >= 15 is 0 Å². The highest BCUT2D eigenvalue weighted by molar-refractivity contribution is 5.78. The molecule has 0 atom stereocenters. The highest BCUT2D eigenvalue weighted by atomic mass is 16.2. The van der Waals surface area contributed by atoms with Crippen LogP contribution in [-0.2, 0) is 9.59 Å². The quantitative estimate of drug-likeness (QED) is 0.583. The third-order valence-corrected chi connectivity index (χ3v) is 5.11. The molecule has 0 saturated heterocycles. The van der Waals surface area contributed by atoms with Gasteiger partial charge in [-0.2, -0.15) is 0 Å². The summed E-state index contributed by atoms with van der Waals surface area (Å²) in [5.74, 6) is 0.133. The van der Waals surface area contributed by atoms with Crippen molar-refractivity contribution in [1.29, 1.82) is 0 Å². The summed E-state index contributed by atoms with van der Waals surface area (Å²) in [4.78, 5) is 23.6. The van der Waals surface area contributed by atoms with Gasteiger partial charge in [0.05, 0.1) is 0 Å². The number of amides is 2. The van der Waals surface area contributed by atoms with Crippen LogP contribution < -0.4 is 10.6 Å². The highest BCUT2D eigenvalue weighted by Gasteiger charge is 2.08. The molecule has 0 aromatic rings. The summed E-state index contributed by atoms with van der Waals surface area (Å²) >= 11 is 0. The molecule has 0 aliphatic heterocycles. The highest BCUT2D eigenvalue weighted by Crippen LogP contribution is 2.20. The molecule has 2 N–H and O–H groups in total. The minimum atomic E-state index is 0.0663. The van der Waals surface area contributed by atoms with Gasteiger partial charge in [-0.25, -0.2) is 0 Å². The average Bonchev–Trinajstić information content (AvgIpc) is 2.63. The fourth-order valence-electron chi connectivity index (χ4n) is 3.57. The van der Waals surface area contributed by atoms with Crippen molar-refractivity contribution in [1.82, 2.24) is 10.6 Å². The van der Waals surface area contributed by atoms with Crippen molar-refractivity contribution in [3.8, 4) is 0 Å². The Balaban J connectivity index is 1.45. The van der Waals surface area contributed by atoms with E-state index in [2.05, 4.69) is 22.8 Å². The van der Waals surface area contributed by atoms with Gasteiger partial charge in [0.25, 0.3) is 0 Å². The van der Waals surface area contributed by atoms with E-state index in [0.29, 0.717) is 19.3 Å². The number of rotatable bonds is 10. The molecule has 0 aromatic heterocycles. The third kappa shape index (κ3) is 8.89. The van der Waals surface area contributed by atoms with E-state index in [1.807, 2.05) is 0 Å². The maximum Gasteiger partial charge on any atom is 0.220 e. The van der Waals surface area contributed by atoms with Crippen LogP contribution in [0, 0.1) is 0 Å². The second kappa shape index (κ2) is 11.9. The van der Waals surface area contributed by atoms with Crippen LogP contribution in [0.15, 0.2) is 23.3 Å². The van der Waals surface area contributed by atoms with Crippen molar-refractivity contribution < 1.29 is 9.59 Å². The zero-order chi connectivity index (χ0) is 17.7. The molecule has 0 unspecified atom stereocenters. The summed E-state index contributed by atoms with van der Waals surface area (Å²) in [5.41, 5.74) is 2.97. The minimum Gasteiger partial charge on any atom is -0.356 e. The molecule has 0 saturated carbocycles. The molecule has 4 nitrogen and oxygen atoms in total. The van der Waals surface area contributed by atoms with E-state index < -0.39 is 0 Å². The monoisotopic (exact) mass is 346 g/mol. The van der Waals surface area contributed by atoms with E-state index in [1.54, 1.807) is 0 Å². The summed E-state index contributed by atoms with van der Waals surface area (Å²) in [7, 11) is 0. The summed E-state index contributed by atoms with van der Waals surface area (Å²) in [6.07, 6.45) is 18.0. The predicted octanol–water partition coefficient (Wildman–Crippen LogP) is 4.17. The molecule has 0 aromatic carbocycles. The number of hydrogen-bond donors (Lipinski definition) is 2. The van der Waals surface area contributed by atoms with Crippen molar-refractivity contribution in [2.75, 3.05) is 13.1 Å². The van der Waals surface area contributed by atoms with E-state index in [4.69, 9.17) is 0 Å². The second-order valence-electron chi connectivity index (χ2n) is 7.27. The molecule has 2 rings (SSSR count). The van der Waals surface area contributed by atoms with Crippen LogP contribution in [0.2, 0.25) is 0 Å². The van der Waals surface area contributed by atoms with Gasteiger partial charge in [0.2, 0.25) is 11.8 Å². The van der Waals surface area contributed by atoms with Gasteiger partial charge in [-0.15, -0.1) is 0 Å². The molecular formula is C21H34N2O2. The van der Waals surface area contributed by atoms with Crippen molar-refractivity contribution in [3.05, 3.63) is 23.3 Å². The number of hydrogen-bond acceptors (Lipinski definition) is 2. The Kier molecular flexibility index (Phi) is 9.38. The first-order valence-electron chi connectivity index (χ1n) is 10.1. The van der Waals surface area contributed by atoms with Gasteiger partial charge in [-0.1, -0.05) is 23.3 Å². The second-order valence-corrected chi connectivity index (χ2v) is 7.27. The first-order chi connectivity index (χ1) is 12.2. The van der Waals surface area contributed by atoms with Gasteiger partial charge in [-0.3, -0.25) is 9.59 Å². The molecule has 2 aliphatic carbocycles. The van der Waals surface area contributed by atoms with Crippen molar-refractivity contribution in [2.45, 2.75) is 83.5 Å². The van der Waals surface area contributed by atoms with Gasteiger partial charge in [0.1, 0.15) is 0 Å². The van der Waals surface area contributed by atoms with Crippen LogP contribution in [0.25, 0.3) is 0 Å². The maximum atomic E-state index is 11.8. The SMILES string of the molecule is O=C(CCCC(=O)NCCC1=CCCCC1)NCCC1=CCCCC1. The average molecular weight is 347 g/mol. The van der Waals surface area contributed by atoms with Crippen molar-refractivity contribution in [3.63, 3.8) is 0 Å². The first kappa shape index (κ1) is 19.7. The summed E-state index contributed by atoms with van der Waals surface area (Å²) in [6.45, 7) is 1.46. The molecule has 0 bridgehead atoms. The fourth-order valence-corrected chi connectivity index (χ4v) is 3.57. The van der Waals surface area contributed by atoms with Crippen LogP contribution in [0.3, 0.4) is 0 Å². The predicted molar refractivity (Wildman–Crippen MR) is 102 cm³/mol. The Morgan fingerprint density at radius 2 is 1.24 bits per heavy atom. The molecule has 0 spiro atoms. The largest absolute Gasteiger partial charge is 0.356 e. The van der Waals surface area contributed by atoms with Crippen molar-refractivity contribution >= 4 is 11.8 Å². The number of nitrogens with one attached hydrogen (secondary N) is 2. The molecule has 140 valence electrons. The summed E-state index contributed by atoms with van der Waals surface area (Å²) in [5, 5.41) is 5.94. The smallest absolute Gasteiger partial charge is 0.220 e. The molecule has 0 radical (unpaired) electrons.